The maximum atomic E-state index is 5.37. The molecule has 2 rings (SSSR count). The molecule has 0 bridgehead atoms. The minimum absolute atomic E-state index is 0. The summed E-state index contributed by atoms with van der Waals surface area (Å²) in [5, 5.41) is 10.9. The van der Waals surface area contributed by atoms with Gasteiger partial charge < -0.3 is 20.1 Å². The van der Waals surface area contributed by atoms with Crippen molar-refractivity contribution < 1.29 is 4.52 Å². The number of piperidine rings is 1. The highest BCUT2D eigenvalue weighted by Crippen LogP contribution is 2.18. The molecule has 0 radical (unpaired) electrons. The first-order valence-corrected chi connectivity index (χ1v) is 9.71. The second-order valence-electron chi connectivity index (χ2n) is 7.55. The van der Waals surface area contributed by atoms with Crippen LogP contribution in [0.25, 0.3) is 0 Å². The summed E-state index contributed by atoms with van der Waals surface area (Å²) >= 11 is 0. The molecule has 0 aliphatic carbocycles. The van der Waals surface area contributed by atoms with E-state index in [0.29, 0.717) is 24.4 Å². The van der Waals surface area contributed by atoms with Gasteiger partial charge in [0.25, 0.3) is 0 Å². The third-order valence-corrected chi connectivity index (χ3v) is 4.74. The third kappa shape index (κ3) is 7.42. The highest BCUT2D eigenvalue weighted by molar-refractivity contribution is 14.0. The monoisotopic (exact) mass is 477 g/mol. The number of hydrogen-bond donors (Lipinski definition) is 2. The van der Waals surface area contributed by atoms with Crippen molar-refractivity contribution in [3.8, 4) is 0 Å². The molecule has 2 N–H and O–H groups in total. The Labute approximate surface area is 175 Å². The zero-order valence-corrected chi connectivity index (χ0v) is 19.2. The predicted octanol–water partition coefficient (Wildman–Crippen LogP) is 3.59. The van der Waals surface area contributed by atoms with Gasteiger partial charge in [-0.1, -0.05) is 19.0 Å². The lowest BCUT2D eigenvalue weighted by Crippen LogP contribution is -2.46. The van der Waals surface area contributed by atoms with Gasteiger partial charge in [-0.05, 0) is 52.0 Å². The zero-order valence-electron chi connectivity index (χ0n) is 16.9. The normalized spacial score (nSPS) is 18.9. The Balaban J connectivity index is 0.00000338. The molecule has 150 valence electrons. The van der Waals surface area contributed by atoms with E-state index in [-0.39, 0.29) is 24.0 Å². The summed E-state index contributed by atoms with van der Waals surface area (Å²) in [6, 6.07) is 2.63. The highest BCUT2D eigenvalue weighted by atomic mass is 127. The van der Waals surface area contributed by atoms with E-state index < -0.39 is 0 Å². The summed E-state index contributed by atoms with van der Waals surface area (Å²) in [4.78, 5) is 7.21. The van der Waals surface area contributed by atoms with Crippen LogP contribution >= 0.6 is 24.0 Å². The van der Waals surface area contributed by atoms with Crippen molar-refractivity contribution in [1.29, 1.82) is 0 Å². The van der Waals surface area contributed by atoms with Crippen molar-refractivity contribution in [3.63, 3.8) is 0 Å². The molecule has 2 heterocycles. The first kappa shape index (κ1) is 23.2. The molecule has 1 saturated heterocycles. The summed E-state index contributed by atoms with van der Waals surface area (Å²) in [6.45, 7) is 15.6. The molecule has 7 heteroatoms. The van der Waals surface area contributed by atoms with Crippen LogP contribution in [0, 0.1) is 5.92 Å². The number of halogens is 1. The number of rotatable bonds is 7. The molecule has 0 saturated carbocycles. The Kier molecular flexibility index (Phi) is 10.5. The van der Waals surface area contributed by atoms with Gasteiger partial charge in [-0.15, -0.1) is 24.0 Å². The molecule has 26 heavy (non-hydrogen) atoms. The topological polar surface area (TPSA) is 65.7 Å². The van der Waals surface area contributed by atoms with Gasteiger partial charge in [-0.25, -0.2) is 4.99 Å². The fourth-order valence-electron chi connectivity index (χ4n) is 3.15. The minimum Gasteiger partial charge on any atom is -0.359 e. The highest BCUT2D eigenvalue weighted by Gasteiger charge is 2.21. The molecular weight excluding hydrogens is 441 g/mol. The van der Waals surface area contributed by atoms with Gasteiger partial charge in [0.15, 0.2) is 11.7 Å². The van der Waals surface area contributed by atoms with Crippen LogP contribution in [0.3, 0.4) is 0 Å². The molecule has 1 aliphatic heterocycles. The predicted molar refractivity (Wildman–Crippen MR) is 118 cm³/mol. The number of aromatic nitrogens is 1. The number of guanidine groups is 1. The van der Waals surface area contributed by atoms with Crippen molar-refractivity contribution in [3.05, 3.63) is 17.5 Å². The molecule has 1 aromatic heterocycles. The molecule has 1 unspecified atom stereocenters. The van der Waals surface area contributed by atoms with E-state index in [1.807, 2.05) is 6.07 Å². The number of likely N-dealkylation sites (tertiary alicyclic amines) is 1. The van der Waals surface area contributed by atoms with E-state index in [1.54, 1.807) is 0 Å². The Morgan fingerprint density at radius 1 is 1.35 bits per heavy atom. The molecule has 6 nitrogen and oxygen atoms in total. The van der Waals surface area contributed by atoms with Crippen LogP contribution in [0.15, 0.2) is 15.6 Å². The number of nitrogens with zero attached hydrogens (tertiary/aromatic N) is 3. The van der Waals surface area contributed by atoms with Crippen LogP contribution in [0.2, 0.25) is 0 Å². The number of aliphatic imine (C=N–C) groups is 1. The van der Waals surface area contributed by atoms with Gasteiger partial charge in [0.2, 0.25) is 0 Å². The fourth-order valence-corrected chi connectivity index (χ4v) is 3.15. The Hall–Kier alpha value is -0.830. The average Bonchev–Trinajstić information content (AvgIpc) is 3.07. The zero-order chi connectivity index (χ0) is 18.2. The van der Waals surface area contributed by atoms with Gasteiger partial charge in [0.05, 0.1) is 5.69 Å². The van der Waals surface area contributed by atoms with E-state index in [1.165, 1.54) is 25.9 Å². The maximum absolute atomic E-state index is 5.37. The summed E-state index contributed by atoms with van der Waals surface area (Å²) in [5.41, 5.74) is 0.985. The molecule has 0 amide bonds. The minimum atomic E-state index is 0. The van der Waals surface area contributed by atoms with Crippen LogP contribution in [0.5, 0.6) is 0 Å². The van der Waals surface area contributed by atoms with E-state index in [4.69, 9.17) is 4.52 Å². The largest absolute Gasteiger partial charge is 0.359 e. The lowest BCUT2D eigenvalue weighted by atomic mass is 9.97. The van der Waals surface area contributed by atoms with Crippen LogP contribution in [-0.4, -0.2) is 48.2 Å². The van der Waals surface area contributed by atoms with Crippen molar-refractivity contribution in [2.45, 2.75) is 66.0 Å². The number of nitrogens with one attached hydrogen (secondary N) is 2. The molecule has 1 aromatic rings. The molecule has 1 atom stereocenters. The van der Waals surface area contributed by atoms with Crippen LogP contribution in [0.1, 0.15) is 64.8 Å². The van der Waals surface area contributed by atoms with Gasteiger partial charge >= 0.3 is 0 Å². The average molecular weight is 477 g/mol. The van der Waals surface area contributed by atoms with Crippen LogP contribution in [-0.2, 0) is 6.54 Å². The molecule has 1 aliphatic rings. The van der Waals surface area contributed by atoms with Gasteiger partial charge in [-0.2, -0.15) is 0 Å². The van der Waals surface area contributed by atoms with Crippen molar-refractivity contribution in [2.24, 2.45) is 10.9 Å². The summed E-state index contributed by atoms with van der Waals surface area (Å²) in [5.74, 6) is 2.72. The van der Waals surface area contributed by atoms with Crippen molar-refractivity contribution in [1.82, 2.24) is 20.7 Å². The van der Waals surface area contributed by atoms with E-state index in [9.17, 15) is 0 Å². The Morgan fingerprint density at radius 2 is 2.12 bits per heavy atom. The Morgan fingerprint density at radius 3 is 2.73 bits per heavy atom. The van der Waals surface area contributed by atoms with Crippen molar-refractivity contribution >= 4 is 29.9 Å². The molecular formula is C19H36IN5O. The first-order chi connectivity index (χ1) is 12.0. The van der Waals surface area contributed by atoms with E-state index in [2.05, 4.69) is 60.3 Å². The van der Waals surface area contributed by atoms with Gasteiger partial charge in [0, 0.05) is 31.7 Å². The number of hydrogen-bond acceptors (Lipinski definition) is 4. The molecule has 0 spiro atoms. The van der Waals surface area contributed by atoms with Gasteiger partial charge in [0.1, 0.15) is 6.54 Å². The van der Waals surface area contributed by atoms with Crippen LogP contribution < -0.4 is 10.6 Å². The maximum Gasteiger partial charge on any atom is 0.191 e. The van der Waals surface area contributed by atoms with Crippen LogP contribution in [0.4, 0.5) is 0 Å². The SMILES string of the molecule is CCNC(=NCc1cc(C(C)C)no1)NCC1CCCN(C(C)C)C1.I. The second-order valence-corrected chi connectivity index (χ2v) is 7.55. The first-order valence-electron chi connectivity index (χ1n) is 9.71. The molecule has 1 fully saturated rings. The summed E-state index contributed by atoms with van der Waals surface area (Å²) in [7, 11) is 0. The smallest absolute Gasteiger partial charge is 0.191 e. The summed E-state index contributed by atoms with van der Waals surface area (Å²) in [6.07, 6.45) is 2.57. The van der Waals surface area contributed by atoms with E-state index >= 15 is 0 Å². The van der Waals surface area contributed by atoms with Gasteiger partial charge in [-0.3, -0.25) is 0 Å². The lowest BCUT2D eigenvalue weighted by molar-refractivity contribution is 0.141. The fraction of sp³-hybridized carbons (Fsp3) is 0.789. The molecule has 0 aromatic carbocycles. The lowest BCUT2D eigenvalue weighted by Gasteiger charge is -2.35. The van der Waals surface area contributed by atoms with Crippen molar-refractivity contribution in [2.75, 3.05) is 26.2 Å². The summed E-state index contributed by atoms with van der Waals surface area (Å²) < 4.78 is 5.37. The third-order valence-electron chi connectivity index (χ3n) is 4.74. The standard InChI is InChI=1S/C19H35N5O.HI/c1-6-20-19(22-12-17-10-18(14(2)3)23-25-17)21-11-16-8-7-9-24(13-16)15(4)5;/h10,14-16H,6-9,11-13H2,1-5H3,(H2,20,21,22);1H. The Bertz CT molecular complexity index is 544. The second kappa shape index (κ2) is 11.8. The quantitative estimate of drug-likeness (QED) is 0.357. The van der Waals surface area contributed by atoms with E-state index in [0.717, 1.165) is 30.5 Å².